The fourth-order valence-electron chi connectivity index (χ4n) is 1.03. The third-order valence-corrected chi connectivity index (χ3v) is 1.86. The standard InChI is InChI=1S/C8H9ClN6O/c1-4-3-5(15-14-4)16-8-12-6(9)11-7(10-2)13-8/h3H,1-2H3,(H,14,15)(H,10,11,12,13). The maximum atomic E-state index is 5.69. The van der Waals surface area contributed by atoms with E-state index in [1.165, 1.54) is 0 Å². The normalized spacial score (nSPS) is 10.2. The number of hydrogen-bond donors (Lipinski definition) is 2. The lowest BCUT2D eigenvalue weighted by molar-refractivity contribution is 0.423. The summed E-state index contributed by atoms with van der Waals surface area (Å²) in [5.74, 6) is 0.712. The molecule has 0 bridgehead atoms. The number of aromatic amines is 1. The Labute approximate surface area is 96.2 Å². The number of anilines is 1. The summed E-state index contributed by atoms with van der Waals surface area (Å²) in [5, 5.41) is 9.42. The Morgan fingerprint density at radius 3 is 2.81 bits per heavy atom. The van der Waals surface area contributed by atoms with Crippen LogP contribution >= 0.6 is 11.6 Å². The molecule has 0 spiro atoms. The first-order valence-electron chi connectivity index (χ1n) is 4.46. The summed E-state index contributed by atoms with van der Waals surface area (Å²) in [4.78, 5) is 11.6. The predicted octanol–water partition coefficient (Wildman–Crippen LogP) is 1.39. The first-order valence-corrected chi connectivity index (χ1v) is 4.84. The summed E-state index contributed by atoms with van der Waals surface area (Å²) in [6.07, 6.45) is 0. The first kappa shape index (κ1) is 10.6. The zero-order valence-corrected chi connectivity index (χ0v) is 9.41. The van der Waals surface area contributed by atoms with Crippen LogP contribution in [0.3, 0.4) is 0 Å². The molecule has 0 saturated carbocycles. The Morgan fingerprint density at radius 2 is 2.19 bits per heavy atom. The van der Waals surface area contributed by atoms with Crippen LogP contribution in [0.25, 0.3) is 0 Å². The summed E-state index contributed by atoms with van der Waals surface area (Å²) in [7, 11) is 1.67. The summed E-state index contributed by atoms with van der Waals surface area (Å²) >= 11 is 5.69. The van der Waals surface area contributed by atoms with Crippen LogP contribution in [0, 0.1) is 6.92 Å². The Kier molecular flexibility index (Phi) is 2.86. The second kappa shape index (κ2) is 4.31. The van der Waals surface area contributed by atoms with Crippen molar-refractivity contribution < 1.29 is 4.74 Å². The van der Waals surface area contributed by atoms with Crippen LogP contribution in [0.2, 0.25) is 5.28 Å². The van der Waals surface area contributed by atoms with Crippen molar-refractivity contribution in [3.05, 3.63) is 17.0 Å². The number of aryl methyl sites for hydroxylation is 1. The van der Waals surface area contributed by atoms with E-state index in [2.05, 4.69) is 30.5 Å². The smallest absolute Gasteiger partial charge is 0.329 e. The van der Waals surface area contributed by atoms with Crippen molar-refractivity contribution in [1.29, 1.82) is 0 Å². The zero-order valence-electron chi connectivity index (χ0n) is 8.65. The maximum absolute atomic E-state index is 5.69. The minimum absolute atomic E-state index is 0.0570. The van der Waals surface area contributed by atoms with Crippen LogP contribution in [0.4, 0.5) is 5.95 Å². The second-order valence-electron chi connectivity index (χ2n) is 2.95. The lowest BCUT2D eigenvalue weighted by Crippen LogP contribution is -2.01. The molecule has 0 fully saturated rings. The fraction of sp³-hybridized carbons (Fsp3) is 0.250. The number of ether oxygens (including phenoxy) is 1. The van der Waals surface area contributed by atoms with Gasteiger partial charge in [0.15, 0.2) is 0 Å². The Hall–Kier alpha value is -1.89. The molecular weight excluding hydrogens is 232 g/mol. The molecule has 7 nitrogen and oxygen atoms in total. The van der Waals surface area contributed by atoms with E-state index in [9.17, 15) is 0 Å². The molecule has 2 heterocycles. The molecule has 2 aromatic rings. The minimum Gasteiger partial charge on any atom is -0.403 e. The molecule has 0 radical (unpaired) electrons. The molecule has 2 N–H and O–H groups in total. The zero-order chi connectivity index (χ0) is 11.5. The number of nitrogens with zero attached hydrogens (tertiary/aromatic N) is 4. The van der Waals surface area contributed by atoms with Gasteiger partial charge in [-0.15, -0.1) is 5.10 Å². The lowest BCUT2D eigenvalue weighted by atomic mass is 10.5. The van der Waals surface area contributed by atoms with E-state index < -0.39 is 0 Å². The van der Waals surface area contributed by atoms with E-state index in [-0.39, 0.29) is 11.3 Å². The molecule has 0 saturated heterocycles. The van der Waals surface area contributed by atoms with Gasteiger partial charge in [-0.2, -0.15) is 15.0 Å². The van der Waals surface area contributed by atoms with Gasteiger partial charge in [0.25, 0.3) is 0 Å². The minimum atomic E-state index is 0.0570. The highest BCUT2D eigenvalue weighted by Gasteiger charge is 2.07. The molecule has 0 aromatic carbocycles. The molecule has 0 aliphatic carbocycles. The maximum Gasteiger partial charge on any atom is 0.329 e. The summed E-state index contributed by atoms with van der Waals surface area (Å²) in [6.45, 7) is 1.86. The van der Waals surface area contributed by atoms with Crippen molar-refractivity contribution in [2.45, 2.75) is 6.92 Å². The average molecular weight is 241 g/mol. The largest absolute Gasteiger partial charge is 0.403 e. The molecule has 8 heteroatoms. The third-order valence-electron chi connectivity index (χ3n) is 1.69. The topological polar surface area (TPSA) is 88.6 Å². The van der Waals surface area contributed by atoms with Gasteiger partial charge in [0.05, 0.1) is 0 Å². The van der Waals surface area contributed by atoms with Gasteiger partial charge in [-0.3, -0.25) is 5.10 Å². The predicted molar refractivity (Wildman–Crippen MR) is 57.8 cm³/mol. The van der Waals surface area contributed by atoms with Crippen LogP contribution in [0.5, 0.6) is 11.9 Å². The summed E-state index contributed by atoms with van der Waals surface area (Å²) < 4.78 is 5.29. The monoisotopic (exact) mass is 240 g/mol. The van der Waals surface area contributed by atoms with Crippen LogP contribution in [-0.4, -0.2) is 32.2 Å². The van der Waals surface area contributed by atoms with Gasteiger partial charge in [-0.1, -0.05) is 0 Å². The molecular formula is C8H9ClN6O. The van der Waals surface area contributed by atoms with E-state index in [1.807, 2.05) is 6.92 Å². The van der Waals surface area contributed by atoms with Gasteiger partial charge in [0, 0.05) is 18.8 Å². The van der Waals surface area contributed by atoms with Gasteiger partial charge in [-0.25, -0.2) is 0 Å². The van der Waals surface area contributed by atoms with Gasteiger partial charge < -0.3 is 10.1 Å². The summed E-state index contributed by atoms with van der Waals surface area (Å²) in [6, 6.07) is 1.81. The number of aromatic nitrogens is 5. The number of H-pyrrole nitrogens is 1. The number of hydrogen-bond acceptors (Lipinski definition) is 6. The van der Waals surface area contributed by atoms with Gasteiger partial charge in [0.2, 0.25) is 17.1 Å². The molecule has 16 heavy (non-hydrogen) atoms. The molecule has 0 atom stereocenters. The number of halogens is 1. The van der Waals surface area contributed by atoms with E-state index >= 15 is 0 Å². The van der Waals surface area contributed by atoms with Crippen LogP contribution < -0.4 is 10.1 Å². The van der Waals surface area contributed by atoms with Gasteiger partial charge in [0.1, 0.15) is 0 Å². The highest BCUT2D eigenvalue weighted by atomic mass is 35.5. The Bertz CT molecular complexity index is 499. The van der Waals surface area contributed by atoms with Crippen molar-refractivity contribution in [2.24, 2.45) is 0 Å². The van der Waals surface area contributed by atoms with Crippen molar-refractivity contribution in [3.8, 4) is 11.9 Å². The molecule has 0 amide bonds. The molecule has 0 aliphatic heterocycles. The fourth-order valence-corrected chi connectivity index (χ4v) is 1.18. The van der Waals surface area contributed by atoms with E-state index in [1.54, 1.807) is 13.1 Å². The van der Waals surface area contributed by atoms with Crippen molar-refractivity contribution in [1.82, 2.24) is 25.1 Å². The van der Waals surface area contributed by atoms with Crippen LogP contribution in [0.15, 0.2) is 6.07 Å². The molecule has 2 rings (SSSR count). The Balaban J connectivity index is 2.24. The molecule has 0 unspecified atom stereocenters. The van der Waals surface area contributed by atoms with E-state index in [4.69, 9.17) is 16.3 Å². The van der Waals surface area contributed by atoms with E-state index in [0.717, 1.165) is 5.69 Å². The van der Waals surface area contributed by atoms with Crippen LogP contribution in [-0.2, 0) is 0 Å². The molecule has 84 valence electrons. The van der Waals surface area contributed by atoms with Crippen molar-refractivity contribution in [2.75, 3.05) is 12.4 Å². The first-order chi connectivity index (χ1) is 7.67. The summed E-state index contributed by atoms with van der Waals surface area (Å²) in [5.41, 5.74) is 0.879. The van der Waals surface area contributed by atoms with Crippen molar-refractivity contribution >= 4 is 17.5 Å². The SMILES string of the molecule is CNc1nc(Cl)nc(Oc2cc(C)[nH]n2)n1. The highest BCUT2D eigenvalue weighted by molar-refractivity contribution is 6.28. The van der Waals surface area contributed by atoms with E-state index in [0.29, 0.717) is 11.8 Å². The number of rotatable bonds is 3. The highest BCUT2D eigenvalue weighted by Crippen LogP contribution is 2.17. The van der Waals surface area contributed by atoms with Gasteiger partial charge >= 0.3 is 6.01 Å². The van der Waals surface area contributed by atoms with Gasteiger partial charge in [-0.05, 0) is 18.5 Å². The van der Waals surface area contributed by atoms with Crippen LogP contribution in [0.1, 0.15) is 5.69 Å². The quantitative estimate of drug-likeness (QED) is 0.843. The number of nitrogens with one attached hydrogen (secondary N) is 2. The third kappa shape index (κ3) is 2.37. The second-order valence-corrected chi connectivity index (χ2v) is 3.29. The molecule has 0 aliphatic rings. The average Bonchev–Trinajstić information content (AvgIpc) is 2.63. The molecule has 2 aromatic heterocycles. The Morgan fingerprint density at radius 1 is 1.38 bits per heavy atom. The van der Waals surface area contributed by atoms with Crippen molar-refractivity contribution in [3.63, 3.8) is 0 Å². The lowest BCUT2D eigenvalue weighted by Gasteiger charge is -2.02.